The van der Waals surface area contributed by atoms with Crippen LogP contribution in [0.2, 0.25) is 0 Å². The average molecular weight is 443 g/mol. The van der Waals surface area contributed by atoms with Crippen LogP contribution in [0.1, 0.15) is 113 Å². The van der Waals surface area contributed by atoms with E-state index in [1.807, 2.05) is 0 Å². The Morgan fingerprint density at radius 1 is 0.906 bits per heavy atom. The lowest BCUT2D eigenvalue weighted by atomic mass is 9.41. The maximum Gasteiger partial charge on any atom is 0.0629 e. The van der Waals surface area contributed by atoms with E-state index in [9.17, 15) is 10.2 Å². The maximum atomic E-state index is 11.4. The smallest absolute Gasteiger partial charge is 0.0629 e. The molecule has 0 bridgehead atoms. The summed E-state index contributed by atoms with van der Waals surface area (Å²) in [6.45, 7) is 16.9. The van der Waals surface area contributed by atoms with Crippen LogP contribution in [0.4, 0.5) is 0 Å². The molecule has 2 nitrogen and oxygen atoms in total. The normalized spacial score (nSPS) is 54.0. The Kier molecular flexibility index (Phi) is 5.19. The number of allylic oxidation sites excluding steroid dienone is 2. The summed E-state index contributed by atoms with van der Waals surface area (Å²) < 4.78 is 0. The maximum absolute atomic E-state index is 11.4. The molecule has 0 amide bonds. The monoisotopic (exact) mass is 442 g/mol. The minimum Gasteiger partial charge on any atom is -0.392 e. The highest BCUT2D eigenvalue weighted by Gasteiger charge is 2.84. The minimum atomic E-state index is -0.357. The van der Waals surface area contributed by atoms with Crippen LogP contribution in [0.5, 0.6) is 0 Å². The van der Waals surface area contributed by atoms with E-state index in [0.29, 0.717) is 28.6 Å². The number of aliphatic hydroxyl groups is 2. The van der Waals surface area contributed by atoms with Gasteiger partial charge in [-0.2, -0.15) is 0 Å². The van der Waals surface area contributed by atoms with E-state index in [2.05, 4.69) is 54.5 Å². The van der Waals surface area contributed by atoms with Gasteiger partial charge in [-0.05, 0) is 117 Å². The summed E-state index contributed by atoms with van der Waals surface area (Å²) in [5.74, 6) is 2.89. The zero-order chi connectivity index (χ0) is 23.3. The van der Waals surface area contributed by atoms with Crippen molar-refractivity contribution in [1.29, 1.82) is 0 Å². The van der Waals surface area contributed by atoms with Crippen LogP contribution in [0, 0.1) is 50.7 Å². The third-order valence-corrected chi connectivity index (χ3v) is 13.1. The standard InChI is InChI=1S/C30H50O2/c1-19(2)9-8-10-20(3)21-13-14-28(7)23-12-11-22-26(4,5)24(31)17-25(32)30(22)18-29(23,30)16-15-27(21,28)6/h9,20-25,31-32H,8,10-18H2,1-7H3/t20-,21-,22+,23+,24+,25-,27-,28+,29+,30-/m1/s1. The highest BCUT2D eigenvalue weighted by Crippen LogP contribution is 2.89. The first-order valence-corrected chi connectivity index (χ1v) is 13.9. The second-order valence-electron chi connectivity index (χ2n) is 14.5. The van der Waals surface area contributed by atoms with Crippen molar-refractivity contribution in [3.8, 4) is 0 Å². The first-order chi connectivity index (χ1) is 14.9. The van der Waals surface area contributed by atoms with E-state index in [1.165, 1.54) is 63.4 Å². The van der Waals surface area contributed by atoms with Gasteiger partial charge in [-0.1, -0.05) is 46.3 Å². The van der Waals surface area contributed by atoms with Crippen molar-refractivity contribution in [2.75, 3.05) is 0 Å². The van der Waals surface area contributed by atoms with E-state index in [1.54, 1.807) is 0 Å². The van der Waals surface area contributed by atoms with Crippen LogP contribution in [0.3, 0.4) is 0 Å². The minimum absolute atomic E-state index is 0.0625. The third kappa shape index (κ3) is 2.66. The molecule has 5 rings (SSSR count). The van der Waals surface area contributed by atoms with Gasteiger partial charge in [0.15, 0.2) is 0 Å². The fourth-order valence-corrected chi connectivity index (χ4v) is 11.1. The highest BCUT2D eigenvalue weighted by molar-refractivity contribution is 5.32. The molecule has 5 aliphatic carbocycles. The van der Waals surface area contributed by atoms with Gasteiger partial charge in [0.25, 0.3) is 0 Å². The fourth-order valence-electron chi connectivity index (χ4n) is 11.1. The molecule has 32 heavy (non-hydrogen) atoms. The summed E-state index contributed by atoms with van der Waals surface area (Å²) >= 11 is 0. The Morgan fingerprint density at radius 2 is 1.59 bits per heavy atom. The van der Waals surface area contributed by atoms with Crippen LogP contribution in [-0.4, -0.2) is 22.4 Å². The molecule has 0 aromatic heterocycles. The summed E-state index contributed by atoms with van der Waals surface area (Å²) in [5.41, 5.74) is 2.69. The van der Waals surface area contributed by atoms with E-state index < -0.39 is 0 Å². The van der Waals surface area contributed by atoms with Crippen LogP contribution >= 0.6 is 0 Å². The summed E-state index contributed by atoms with van der Waals surface area (Å²) in [7, 11) is 0. The summed E-state index contributed by atoms with van der Waals surface area (Å²) in [5, 5.41) is 22.3. The van der Waals surface area contributed by atoms with Gasteiger partial charge in [0.05, 0.1) is 12.2 Å². The van der Waals surface area contributed by atoms with Crippen molar-refractivity contribution in [2.24, 2.45) is 50.7 Å². The van der Waals surface area contributed by atoms with E-state index in [0.717, 1.165) is 17.8 Å². The Hall–Kier alpha value is -0.340. The summed E-state index contributed by atoms with van der Waals surface area (Å²) in [6, 6.07) is 0. The molecule has 5 saturated carbocycles. The van der Waals surface area contributed by atoms with Crippen molar-refractivity contribution >= 4 is 0 Å². The van der Waals surface area contributed by atoms with Gasteiger partial charge >= 0.3 is 0 Å². The molecule has 5 aliphatic rings. The molecule has 182 valence electrons. The summed E-state index contributed by atoms with van der Waals surface area (Å²) in [4.78, 5) is 0. The average Bonchev–Trinajstić information content (AvgIpc) is 3.32. The molecule has 2 N–H and O–H groups in total. The second-order valence-corrected chi connectivity index (χ2v) is 14.5. The van der Waals surface area contributed by atoms with E-state index >= 15 is 0 Å². The molecule has 0 heterocycles. The number of rotatable bonds is 4. The second kappa shape index (κ2) is 7.09. The first kappa shape index (κ1) is 23.4. The molecule has 0 aromatic carbocycles. The van der Waals surface area contributed by atoms with Crippen LogP contribution in [-0.2, 0) is 0 Å². The van der Waals surface area contributed by atoms with Crippen LogP contribution < -0.4 is 0 Å². The van der Waals surface area contributed by atoms with Crippen molar-refractivity contribution in [3.63, 3.8) is 0 Å². The van der Waals surface area contributed by atoms with E-state index in [-0.39, 0.29) is 23.0 Å². The van der Waals surface area contributed by atoms with Gasteiger partial charge in [-0.15, -0.1) is 0 Å². The third-order valence-electron chi connectivity index (χ3n) is 13.1. The fraction of sp³-hybridized carbons (Fsp3) is 0.933. The lowest BCUT2D eigenvalue weighted by molar-refractivity contribution is -0.195. The SMILES string of the molecule is CC(C)=CCC[C@@H](C)[C@H]1CC[C@@]2(C)[C@@H]3CC[C@H]4C(C)(C)[C@@H](O)C[C@@H](O)[C@@]45C[C@@]35CC[C@]12C. The zero-order valence-electron chi connectivity index (χ0n) is 22.0. The number of aliphatic hydroxyl groups excluding tert-OH is 2. The molecule has 0 saturated heterocycles. The first-order valence-electron chi connectivity index (χ1n) is 13.9. The molecule has 10 atom stereocenters. The number of fused-ring (bicyclic) bond motifs is 2. The molecule has 0 unspecified atom stereocenters. The predicted molar refractivity (Wildman–Crippen MR) is 132 cm³/mol. The Morgan fingerprint density at radius 3 is 2.28 bits per heavy atom. The lowest BCUT2D eigenvalue weighted by Crippen LogP contribution is -2.61. The van der Waals surface area contributed by atoms with Crippen molar-refractivity contribution in [1.82, 2.24) is 0 Å². The van der Waals surface area contributed by atoms with Gasteiger partial charge in [-0.25, -0.2) is 0 Å². The zero-order valence-corrected chi connectivity index (χ0v) is 22.0. The lowest BCUT2D eigenvalue weighted by Gasteiger charge is -2.64. The van der Waals surface area contributed by atoms with Gasteiger partial charge in [-0.3, -0.25) is 0 Å². The van der Waals surface area contributed by atoms with E-state index in [4.69, 9.17) is 0 Å². The van der Waals surface area contributed by atoms with Gasteiger partial charge < -0.3 is 10.2 Å². The Bertz CT molecular complexity index is 795. The molecule has 2 heteroatoms. The number of hydrogen-bond acceptors (Lipinski definition) is 2. The van der Waals surface area contributed by atoms with Crippen LogP contribution in [0.15, 0.2) is 11.6 Å². The molecular weight excluding hydrogens is 392 g/mol. The molecule has 2 spiro atoms. The highest BCUT2D eigenvalue weighted by atomic mass is 16.3. The molecule has 0 aromatic rings. The quantitative estimate of drug-likeness (QED) is 0.454. The van der Waals surface area contributed by atoms with Crippen LogP contribution in [0.25, 0.3) is 0 Å². The van der Waals surface area contributed by atoms with Gasteiger partial charge in [0, 0.05) is 11.8 Å². The van der Waals surface area contributed by atoms with Gasteiger partial charge in [0.2, 0.25) is 0 Å². The van der Waals surface area contributed by atoms with Gasteiger partial charge in [0.1, 0.15) is 0 Å². The topological polar surface area (TPSA) is 40.5 Å². The van der Waals surface area contributed by atoms with Crippen molar-refractivity contribution < 1.29 is 10.2 Å². The summed E-state index contributed by atoms with van der Waals surface area (Å²) in [6.07, 6.45) is 14.1. The molecular formula is C30H50O2. The predicted octanol–water partition coefficient (Wildman–Crippen LogP) is 7.14. The van der Waals surface area contributed by atoms with Crippen molar-refractivity contribution in [3.05, 3.63) is 11.6 Å². The largest absolute Gasteiger partial charge is 0.392 e. The molecule has 0 radical (unpaired) electrons. The number of hydrogen-bond donors (Lipinski definition) is 2. The molecule has 0 aliphatic heterocycles. The van der Waals surface area contributed by atoms with Crippen molar-refractivity contribution in [2.45, 2.75) is 125 Å². The Balaban J connectivity index is 1.43. The molecule has 5 fully saturated rings. The Labute approximate surface area is 197 Å².